The van der Waals surface area contributed by atoms with Gasteiger partial charge in [-0.2, -0.15) is 0 Å². The van der Waals surface area contributed by atoms with Gasteiger partial charge in [0.05, 0.1) is 25.0 Å². The van der Waals surface area contributed by atoms with Crippen LogP contribution < -0.4 is 19.7 Å². The number of hydrogen-bond donors (Lipinski definition) is 1. The van der Waals surface area contributed by atoms with Gasteiger partial charge in [0.15, 0.2) is 0 Å². The Bertz CT molecular complexity index is 1220. The monoisotopic (exact) mass is 442 g/mol. The van der Waals surface area contributed by atoms with E-state index in [1.165, 1.54) is 4.90 Å². The second-order valence-electron chi connectivity index (χ2n) is 7.86. The Morgan fingerprint density at radius 3 is 2.18 bits per heavy atom. The molecule has 3 aromatic rings. The molecule has 0 unspecified atom stereocenters. The molecule has 0 saturated heterocycles. The maximum atomic E-state index is 13.6. The van der Waals surface area contributed by atoms with E-state index in [0.29, 0.717) is 40.6 Å². The lowest BCUT2D eigenvalue weighted by molar-refractivity contribution is -0.120. The number of carbonyl (C=O) groups is 2. The third-order valence-electron chi connectivity index (χ3n) is 5.34. The largest absolute Gasteiger partial charge is 0.497 e. The summed E-state index contributed by atoms with van der Waals surface area (Å²) in [5.74, 6) is 0.564. The van der Waals surface area contributed by atoms with Crippen molar-refractivity contribution in [3.05, 3.63) is 89.1 Å². The highest BCUT2D eigenvalue weighted by Crippen LogP contribution is 2.35. The number of carbonyl (C=O) groups excluding carboxylic acids is 2. The lowest BCUT2D eigenvalue weighted by Gasteiger charge is -2.17. The first kappa shape index (κ1) is 22.1. The molecule has 1 aliphatic heterocycles. The van der Waals surface area contributed by atoms with Crippen molar-refractivity contribution in [1.29, 1.82) is 0 Å². The fourth-order valence-electron chi connectivity index (χ4n) is 3.96. The average molecular weight is 443 g/mol. The SMILES string of the molecule is CCOc1cccc(NC2=C(c3ccc(OC)cc3)C(=O)N(c3cc(C)cc(C)c3)C2=O)c1. The number of amides is 2. The normalized spacial score (nSPS) is 13.5. The Labute approximate surface area is 193 Å². The molecule has 33 heavy (non-hydrogen) atoms. The van der Waals surface area contributed by atoms with Crippen LogP contribution in [0.5, 0.6) is 11.5 Å². The van der Waals surface area contributed by atoms with Crippen LogP contribution in [0.15, 0.2) is 72.4 Å². The van der Waals surface area contributed by atoms with Crippen molar-refractivity contribution in [2.24, 2.45) is 0 Å². The van der Waals surface area contributed by atoms with E-state index >= 15 is 0 Å². The van der Waals surface area contributed by atoms with Crippen molar-refractivity contribution in [1.82, 2.24) is 0 Å². The quantitative estimate of drug-likeness (QED) is 0.515. The minimum Gasteiger partial charge on any atom is -0.497 e. The summed E-state index contributed by atoms with van der Waals surface area (Å²) in [5, 5.41) is 3.18. The molecule has 168 valence electrons. The van der Waals surface area contributed by atoms with E-state index in [1.807, 2.05) is 57.2 Å². The summed E-state index contributed by atoms with van der Waals surface area (Å²) >= 11 is 0. The third-order valence-corrected chi connectivity index (χ3v) is 5.34. The molecular formula is C27H26N2O4. The Kier molecular flexibility index (Phi) is 6.18. The van der Waals surface area contributed by atoms with Gasteiger partial charge in [-0.15, -0.1) is 0 Å². The summed E-state index contributed by atoms with van der Waals surface area (Å²) in [5.41, 5.74) is 4.31. The lowest BCUT2D eigenvalue weighted by Crippen LogP contribution is -2.32. The van der Waals surface area contributed by atoms with Gasteiger partial charge in [0, 0.05) is 11.8 Å². The summed E-state index contributed by atoms with van der Waals surface area (Å²) in [7, 11) is 1.58. The molecule has 1 aliphatic rings. The fourth-order valence-corrected chi connectivity index (χ4v) is 3.96. The highest BCUT2D eigenvalue weighted by molar-refractivity contribution is 6.46. The number of rotatable bonds is 7. The number of aryl methyl sites for hydroxylation is 2. The second-order valence-corrected chi connectivity index (χ2v) is 7.86. The molecule has 6 nitrogen and oxygen atoms in total. The van der Waals surface area contributed by atoms with E-state index < -0.39 is 5.91 Å². The molecule has 1 N–H and O–H groups in total. The first-order chi connectivity index (χ1) is 15.9. The zero-order valence-electron chi connectivity index (χ0n) is 19.1. The summed E-state index contributed by atoms with van der Waals surface area (Å²) in [6.07, 6.45) is 0. The number of nitrogens with one attached hydrogen (secondary N) is 1. The standard InChI is InChI=1S/C27H26N2O4/c1-5-33-23-8-6-7-20(16-23)28-25-24(19-9-11-22(32-4)12-10-19)26(30)29(27(25)31)21-14-17(2)13-18(3)15-21/h6-16,28H,5H2,1-4H3. The number of hydrogen-bond acceptors (Lipinski definition) is 5. The van der Waals surface area contributed by atoms with E-state index in [4.69, 9.17) is 9.47 Å². The van der Waals surface area contributed by atoms with Crippen LogP contribution in [-0.4, -0.2) is 25.5 Å². The predicted molar refractivity (Wildman–Crippen MR) is 130 cm³/mol. The van der Waals surface area contributed by atoms with E-state index in [0.717, 1.165) is 11.1 Å². The number of imide groups is 1. The number of nitrogens with zero attached hydrogens (tertiary/aromatic N) is 1. The minimum absolute atomic E-state index is 0.220. The van der Waals surface area contributed by atoms with E-state index in [9.17, 15) is 9.59 Å². The highest BCUT2D eigenvalue weighted by Gasteiger charge is 2.40. The first-order valence-electron chi connectivity index (χ1n) is 10.8. The van der Waals surface area contributed by atoms with Gasteiger partial charge in [-0.1, -0.05) is 24.3 Å². The second kappa shape index (κ2) is 9.20. The topological polar surface area (TPSA) is 67.9 Å². The van der Waals surface area contributed by atoms with Crippen LogP contribution in [0.25, 0.3) is 5.57 Å². The molecule has 0 atom stereocenters. The summed E-state index contributed by atoms with van der Waals surface area (Å²) < 4.78 is 10.8. The van der Waals surface area contributed by atoms with Crippen molar-refractivity contribution >= 4 is 28.8 Å². The highest BCUT2D eigenvalue weighted by atomic mass is 16.5. The average Bonchev–Trinajstić information content (AvgIpc) is 3.03. The number of ether oxygens (including phenoxy) is 2. The molecule has 1 heterocycles. The zero-order valence-corrected chi connectivity index (χ0v) is 19.1. The molecule has 0 fully saturated rings. The number of benzene rings is 3. The predicted octanol–water partition coefficient (Wildman–Crippen LogP) is 5.11. The van der Waals surface area contributed by atoms with Crippen molar-refractivity contribution in [2.75, 3.05) is 23.9 Å². The maximum Gasteiger partial charge on any atom is 0.282 e. The van der Waals surface area contributed by atoms with Gasteiger partial charge in [0.1, 0.15) is 17.2 Å². The molecule has 4 rings (SSSR count). The Morgan fingerprint density at radius 2 is 1.55 bits per heavy atom. The van der Waals surface area contributed by atoms with Crippen LogP contribution in [-0.2, 0) is 9.59 Å². The third kappa shape index (κ3) is 4.46. The fraction of sp³-hybridized carbons (Fsp3) is 0.185. The molecule has 2 amide bonds. The maximum absolute atomic E-state index is 13.6. The molecule has 0 saturated carbocycles. The first-order valence-corrected chi connectivity index (χ1v) is 10.8. The van der Waals surface area contributed by atoms with Gasteiger partial charge < -0.3 is 14.8 Å². The van der Waals surface area contributed by atoms with Crippen LogP contribution in [0, 0.1) is 13.8 Å². The smallest absolute Gasteiger partial charge is 0.282 e. The Hall–Kier alpha value is -4.06. The van der Waals surface area contributed by atoms with Crippen molar-refractivity contribution in [3.8, 4) is 11.5 Å². The summed E-state index contributed by atoms with van der Waals surface area (Å²) in [4.78, 5) is 28.4. The Morgan fingerprint density at radius 1 is 0.848 bits per heavy atom. The Balaban J connectivity index is 1.81. The lowest BCUT2D eigenvalue weighted by atomic mass is 10.0. The van der Waals surface area contributed by atoms with E-state index in [-0.39, 0.29) is 11.6 Å². The van der Waals surface area contributed by atoms with Crippen LogP contribution in [0.2, 0.25) is 0 Å². The molecular weight excluding hydrogens is 416 g/mol. The molecule has 0 radical (unpaired) electrons. The van der Waals surface area contributed by atoms with Gasteiger partial charge in [0.2, 0.25) is 0 Å². The molecule has 6 heteroatoms. The van der Waals surface area contributed by atoms with Crippen LogP contribution in [0.4, 0.5) is 11.4 Å². The van der Waals surface area contributed by atoms with Crippen LogP contribution in [0.1, 0.15) is 23.6 Å². The molecule has 3 aromatic carbocycles. The summed E-state index contributed by atoms with van der Waals surface area (Å²) in [6.45, 7) is 6.32. The van der Waals surface area contributed by atoms with Crippen molar-refractivity contribution in [3.63, 3.8) is 0 Å². The molecule has 0 bridgehead atoms. The van der Waals surface area contributed by atoms with Gasteiger partial charge in [-0.3, -0.25) is 9.59 Å². The summed E-state index contributed by atoms with van der Waals surface area (Å²) in [6, 6.07) is 20.1. The van der Waals surface area contributed by atoms with E-state index in [1.54, 1.807) is 37.4 Å². The van der Waals surface area contributed by atoms with Crippen molar-refractivity contribution in [2.45, 2.75) is 20.8 Å². The molecule has 0 aliphatic carbocycles. The molecule has 0 spiro atoms. The van der Waals surface area contributed by atoms with Gasteiger partial charge >= 0.3 is 0 Å². The molecule has 0 aromatic heterocycles. The minimum atomic E-state index is -0.405. The van der Waals surface area contributed by atoms with Gasteiger partial charge in [-0.25, -0.2) is 4.90 Å². The van der Waals surface area contributed by atoms with Crippen molar-refractivity contribution < 1.29 is 19.1 Å². The zero-order chi connectivity index (χ0) is 23.5. The number of methoxy groups -OCH3 is 1. The van der Waals surface area contributed by atoms with E-state index in [2.05, 4.69) is 5.32 Å². The van der Waals surface area contributed by atoms with Gasteiger partial charge in [0.25, 0.3) is 11.8 Å². The van der Waals surface area contributed by atoms with Crippen LogP contribution in [0.3, 0.4) is 0 Å². The van der Waals surface area contributed by atoms with Gasteiger partial charge in [-0.05, 0) is 73.9 Å². The van der Waals surface area contributed by atoms with Crippen LogP contribution >= 0.6 is 0 Å². The number of anilines is 2.